The first-order chi connectivity index (χ1) is 7.18. The summed E-state index contributed by atoms with van der Waals surface area (Å²) < 4.78 is 5.23. The van der Waals surface area contributed by atoms with Gasteiger partial charge in [0.2, 0.25) is 0 Å². The van der Waals surface area contributed by atoms with E-state index in [0.29, 0.717) is 18.9 Å². The summed E-state index contributed by atoms with van der Waals surface area (Å²) in [4.78, 5) is 12.0. The predicted molar refractivity (Wildman–Crippen MR) is 58.1 cm³/mol. The predicted octanol–water partition coefficient (Wildman–Crippen LogP) is 0.610. The molecule has 0 spiro atoms. The van der Waals surface area contributed by atoms with Crippen molar-refractivity contribution in [1.82, 2.24) is 15.5 Å². The molecule has 2 unspecified atom stereocenters. The van der Waals surface area contributed by atoms with Crippen molar-refractivity contribution in [1.29, 1.82) is 0 Å². The summed E-state index contributed by atoms with van der Waals surface area (Å²) in [6, 6.07) is 0.0280. The first-order valence-corrected chi connectivity index (χ1v) is 5.62. The molecule has 2 atom stereocenters. The molecular formula is C9H12BrN3O2. The number of hydrogen-bond donors (Lipinski definition) is 2. The van der Waals surface area contributed by atoms with Gasteiger partial charge in [-0.3, -0.25) is 9.89 Å². The van der Waals surface area contributed by atoms with E-state index >= 15 is 0 Å². The molecule has 0 aliphatic carbocycles. The molecule has 5 nitrogen and oxygen atoms in total. The Hall–Kier alpha value is -0.880. The number of nitrogens with one attached hydrogen (secondary N) is 2. The monoisotopic (exact) mass is 273 g/mol. The molecule has 0 saturated carbocycles. The van der Waals surface area contributed by atoms with Crippen LogP contribution in [0.15, 0.2) is 6.20 Å². The van der Waals surface area contributed by atoms with Crippen LogP contribution in [-0.2, 0) is 4.74 Å². The van der Waals surface area contributed by atoms with Gasteiger partial charge in [0.1, 0.15) is 5.69 Å². The van der Waals surface area contributed by atoms with Gasteiger partial charge in [-0.25, -0.2) is 0 Å². The van der Waals surface area contributed by atoms with E-state index < -0.39 is 0 Å². The Bertz CT molecular complexity index is 366. The van der Waals surface area contributed by atoms with Gasteiger partial charge in [-0.05, 0) is 12.5 Å². The van der Waals surface area contributed by atoms with Gasteiger partial charge in [0, 0.05) is 0 Å². The second-order valence-electron chi connectivity index (χ2n) is 3.56. The largest absolute Gasteiger partial charge is 0.378 e. The van der Waals surface area contributed by atoms with Crippen LogP contribution in [0.25, 0.3) is 0 Å². The van der Waals surface area contributed by atoms with Crippen LogP contribution < -0.4 is 5.32 Å². The van der Waals surface area contributed by atoms with E-state index in [1.807, 2.05) is 6.92 Å². The third-order valence-electron chi connectivity index (χ3n) is 2.38. The van der Waals surface area contributed by atoms with Crippen LogP contribution in [0.2, 0.25) is 0 Å². The van der Waals surface area contributed by atoms with E-state index in [1.54, 1.807) is 6.20 Å². The van der Waals surface area contributed by atoms with Crippen molar-refractivity contribution in [3.8, 4) is 0 Å². The van der Waals surface area contributed by atoms with E-state index in [-0.39, 0.29) is 16.8 Å². The second-order valence-corrected chi connectivity index (χ2v) is 4.74. The Balaban J connectivity index is 2.01. The molecule has 1 aromatic heterocycles. The minimum absolute atomic E-state index is 0.0280. The van der Waals surface area contributed by atoms with Gasteiger partial charge in [0.05, 0.1) is 30.3 Å². The quantitative estimate of drug-likeness (QED) is 0.776. The summed E-state index contributed by atoms with van der Waals surface area (Å²) >= 11 is 3.45. The minimum Gasteiger partial charge on any atom is -0.378 e. The van der Waals surface area contributed by atoms with E-state index in [2.05, 4.69) is 31.4 Å². The van der Waals surface area contributed by atoms with Gasteiger partial charge in [-0.2, -0.15) is 5.10 Å². The zero-order valence-corrected chi connectivity index (χ0v) is 9.87. The third kappa shape index (κ3) is 2.21. The highest BCUT2D eigenvalue weighted by Gasteiger charge is 2.28. The van der Waals surface area contributed by atoms with Crippen molar-refractivity contribution >= 4 is 21.8 Å². The fourth-order valence-corrected chi connectivity index (χ4v) is 1.95. The molecule has 2 heterocycles. The molecule has 1 aliphatic rings. The van der Waals surface area contributed by atoms with Crippen LogP contribution in [0.1, 0.15) is 16.1 Å². The molecule has 0 radical (unpaired) electrons. The number of aryl methyl sites for hydroxylation is 1. The maximum absolute atomic E-state index is 11.8. The van der Waals surface area contributed by atoms with Gasteiger partial charge in [-0.15, -0.1) is 0 Å². The number of amides is 1. The normalized spacial score (nSPS) is 25.5. The van der Waals surface area contributed by atoms with Crippen molar-refractivity contribution < 1.29 is 9.53 Å². The number of alkyl halides is 1. The minimum atomic E-state index is -0.134. The molecular weight excluding hydrogens is 262 g/mol. The van der Waals surface area contributed by atoms with Gasteiger partial charge >= 0.3 is 0 Å². The molecule has 2 rings (SSSR count). The van der Waals surface area contributed by atoms with Gasteiger partial charge < -0.3 is 10.1 Å². The number of aromatic nitrogens is 2. The first-order valence-electron chi connectivity index (χ1n) is 4.71. The number of aromatic amines is 1. The summed E-state index contributed by atoms with van der Waals surface area (Å²) in [7, 11) is 0. The molecule has 1 amide bonds. The first kappa shape index (κ1) is 10.6. The van der Waals surface area contributed by atoms with E-state index in [4.69, 9.17) is 4.74 Å². The Morgan fingerprint density at radius 1 is 1.73 bits per heavy atom. The zero-order chi connectivity index (χ0) is 10.8. The lowest BCUT2D eigenvalue weighted by Crippen LogP contribution is -2.40. The molecule has 15 heavy (non-hydrogen) atoms. The lowest BCUT2D eigenvalue weighted by Gasteiger charge is -2.13. The van der Waals surface area contributed by atoms with Crippen molar-refractivity contribution in [2.75, 3.05) is 13.2 Å². The Morgan fingerprint density at radius 2 is 2.53 bits per heavy atom. The van der Waals surface area contributed by atoms with Crippen LogP contribution in [0.4, 0.5) is 0 Å². The molecule has 0 aromatic carbocycles. The molecule has 1 saturated heterocycles. The molecule has 1 fully saturated rings. The van der Waals surface area contributed by atoms with Gasteiger partial charge in [0.25, 0.3) is 5.91 Å². The lowest BCUT2D eigenvalue weighted by atomic mass is 10.2. The number of carbonyl (C=O) groups excluding carboxylic acids is 1. The van der Waals surface area contributed by atoms with Crippen LogP contribution in [0, 0.1) is 6.92 Å². The van der Waals surface area contributed by atoms with Crippen molar-refractivity contribution in [3.05, 3.63) is 17.5 Å². The highest BCUT2D eigenvalue weighted by atomic mass is 79.9. The molecule has 1 aromatic rings. The molecule has 1 aliphatic heterocycles. The zero-order valence-electron chi connectivity index (χ0n) is 8.29. The number of nitrogens with zero attached hydrogens (tertiary/aromatic N) is 1. The maximum Gasteiger partial charge on any atom is 0.269 e. The summed E-state index contributed by atoms with van der Waals surface area (Å²) in [5.41, 5.74) is 1.36. The Kier molecular flexibility index (Phi) is 3.06. The third-order valence-corrected chi connectivity index (χ3v) is 3.29. The smallest absolute Gasteiger partial charge is 0.269 e. The van der Waals surface area contributed by atoms with Crippen LogP contribution in [-0.4, -0.2) is 40.2 Å². The number of carbonyl (C=O) groups is 1. The van der Waals surface area contributed by atoms with Crippen molar-refractivity contribution in [2.45, 2.75) is 17.8 Å². The Labute approximate surface area is 95.7 Å². The number of rotatable bonds is 2. The molecule has 2 N–H and O–H groups in total. The molecule has 82 valence electrons. The molecule has 6 heteroatoms. The fraction of sp³-hybridized carbons (Fsp3) is 0.556. The maximum atomic E-state index is 11.8. The van der Waals surface area contributed by atoms with E-state index in [1.165, 1.54) is 0 Å². The van der Waals surface area contributed by atoms with Gasteiger partial charge in [-0.1, -0.05) is 15.9 Å². The summed E-state index contributed by atoms with van der Waals surface area (Å²) in [6.07, 6.45) is 1.63. The number of halogens is 1. The second kappa shape index (κ2) is 4.32. The van der Waals surface area contributed by atoms with Crippen LogP contribution in [0.3, 0.4) is 0 Å². The number of hydrogen-bond acceptors (Lipinski definition) is 3. The average molecular weight is 274 g/mol. The highest BCUT2D eigenvalue weighted by molar-refractivity contribution is 9.09. The standard InChI is InChI=1S/C9H12BrN3O2/c1-5-2-11-13-8(5)9(14)12-7-4-15-3-6(7)10/h2,6-7H,3-4H2,1H3,(H,11,13)(H,12,14). The van der Waals surface area contributed by atoms with E-state index in [0.717, 1.165) is 5.56 Å². The SMILES string of the molecule is Cc1cn[nH]c1C(=O)NC1COCC1Br. The van der Waals surface area contributed by atoms with Crippen molar-refractivity contribution in [3.63, 3.8) is 0 Å². The fourth-order valence-electron chi connectivity index (χ4n) is 1.48. The van der Waals surface area contributed by atoms with Gasteiger partial charge in [0.15, 0.2) is 0 Å². The lowest BCUT2D eigenvalue weighted by molar-refractivity contribution is 0.0924. The Morgan fingerprint density at radius 3 is 3.07 bits per heavy atom. The summed E-state index contributed by atoms with van der Waals surface area (Å²) in [5, 5.41) is 9.37. The molecule has 0 bridgehead atoms. The van der Waals surface area contributed by atoms with E-state index in [9.17, 15) is 4.79 Å². The van der Waals surface area contributed by atoms with Crippen molar-refractivity contribution in [2.24, 2.45) is 0 Å². The summed E-state index contributed by atoms with van der Waals surface area (Å²) in [6.45, 7) is 3.02. The highest BCUT2D eigenvalue weighted by Crippen LogP contribution is 2.14. The average Bonchev–Trinajstić information content (AvgIpc) is 2.76. The van der Waals surface area contributed by atoms with Crippen LogP contribution in [0.5, 0.6) is 0 Å². The topological polar surface area (TPSA) is 67.0 Å². The number of H-pyrrole nitrogens is 1. The summed E-state index contributed by atoms with van der Waals surface area (Å²) in [5.74, 6) is -0.134. The number of ether oxygens (including phenoxy) is 1. The van der Waals surface area contributed by atoms with Crippen LogP contribution >= 0.6 is 15.9 Å².